The first kappa shape index (κ1) is 25.5. The van der Waals surface area contributed by atoms with Crippen molar-refractivity contribution in [2.45, 2.75) is 13.5 Å². The molecule has 1 saturated heterocycles. The molecule has 0 saturated carbocycles. The number of benzene rings is 1. The van der Waals surface area contributed by atoms with E-state index in [0.29, 0.717) is 37.1 Å². The van der Waals surface area contributed by atoms with Gasteiger partial charge in [0.05, 0.1) is 17.5 Å². The number of halogens is 1. The van der Waals surface area contributed by atoms with Crippen LogP contribution in [0.5, 0.6) is 0 Å². The van der Waals surface area contributed by atoms with E-state index in [4.69, 9.17) is 0 Å². The van der Waals surface area contributed by atoms with Gasteiger partial charge in [-0.2, -0.15) is 8.42 Å². The lowest BCUT2D eigenvalue weighted by Gasteiger charge is -2.34. The summed E-state index contributed by atoms with van der Waals surface area (Å²) < 4.78 is 43.2. The van der Waals surface area contributed by atoms with E-state index >= 15 is 0 Å². The van der Waals surface area contributed by atoms with Crippen molar-refractivity contribution in [1.29, 1.82) is 0 Å². The first-order valence-electron chi connectivity index (χ1n) is 8.84. The van der Waals surface area contributed by atoms with E-state index in [1.165, 1.54) is 6.20 Å². The molecule has 0 amide bonds. The monoisotopic (exact) mass is 447 g/mol. The quantitative estimate of drug-likeness (QED) is 0.566. The number of aromatic nitrogens is 1. The zero-order chi connectivity index (χ0) is 20.6. The number of piperazine rings is 1. The molecule has 1 aliphatic rings. The lowest BCUT2D eigenvalue weighted by molar-refractivity contribution is 0.0746. The molecule has 12 heteroatoms. The summed E-state index contributed by atoms with van der Waals surface area (Å²) in [6.07, 6.45) is 1.97. The molecule has 0 unspecified atom stereocenters. The lowest BCUT2D eigenvalue weighted by Crippen LogP contribution is -2.44. The number of pyridine rings is 1. The van der Waals surface area contributed by atoms with E-state index in [1.54, 1.807) is 17.6 Å². The Morgan fingerprint density at radius 2 is 1.77 bits per heavy atom. The third kappa shape index (κ3) is 5.14. The van der Waals surface area contributed by atoms with Gasteiger partial charge in [0.15, 0.2) is 0 Å². The molecular weight excluding hydrogens is 421 g/mol. The number of anilines is 1. The van der Waals surface area contributed by atoms with Crippen LogP contribution in [0.3, 0.4) is 0 Å². The molecule has 0 bridgehead atoms. The highest BCUT2D eigenvalue weighted by atomic mass is 32.2. The van der Waals surface area contributed by atoms with E-state index in [-0.39, 0.29) is 16.3 Å². The number of rotatable bonds is 4. The van der Waals surface area contributed by atoms with Gasteiger partial charge >= 0.3 is 16.1 Å². The van der Waals surface area contributed by atoms with Crippen LogP contribution in [0.4, 0.5) is 10.1 Å². The lowest BCUT2D eigenvalue weighted by atomic mass is 10.1. The first-order valence-corrected chi connectivity index (χ1v) is 10.7. The number of carbonyl (C=O) groups is 1. The minimum atomic E-state index is -4.08. The molecule has 0 spiro atoms. The molecule has 1 aromatic carbocycles. The highest BCUT2D eigenvalue weighted by Gasteiger charge is 2.23. The maximum atomic E-state index is 14.8. The summed E-state index contributed by atoms with van der Waals surface area (Å²) in [5, 5.41) is 0.000165. The van der Waals surface area contributed by atoms with Crippen LogP contribution in [-0.2, 0) is 20.8 Å². The Kier molecular flexibility index (Phi) is 8.09. The van der Waals surface area contributed by atoms with E-state index in [9.17, 15) is 22.4 Å². The van der Waals surface area contributed by atoms with E-state index in [1.807, 2.05) is 11.9 Å². The third-order valence-corrected chi connectivity index (χ3v) is 5.23. The fourth-order valence-corrected chi connectivity index (χ4v) is 3.64. The predicted octanol–water partition coefficient (Wildman–Crippen LogP) is -0.621. The highest BCUT2D eigenvalue weighted by Crippen LogP contribution is 2.26. The average Bonchev–Trinajstić information content (AvgIpc) is 2.61. The minimum Gasteiger partial charge on any atom is -0.412 e. The highest BCUT2D eigenvalue weighted by molar-refractivity contribution is 7.86. The van der Waals surface area contributed by atoms with Gasteiger partial charge < -0.3 is 29.5 Å². The van der Waals surface area contributed by atoms with Gasteiger partial charge in [-0.1, -0.05) is 0 Å². The van der Waals surface area contributed by atoms with Crippen LogP contribution in [-0.4, -0.2) is 74.3 Å². The van der Waals surface area contributed by atoms with Crippen LogP contribution >= 0.6 is 0 Å². The van der Waals surface area contributed by atoms with Gasteiger partial charge in [-0.05, 0) is 26.1 Å². The van der Waals surface area contributed by atoms with Crippen LogP contribution in [0.1, 0.15) is 17.3 Å². The molecule has 2 heterocycles. The van der Waals surface area contributed by atoms with E-state index in [2.05, 4.69) is 9.08 Å². The first-order chi connectivity index (χ1) is 13.1. The molecule has 2 aromatic rings. The zero-order valence-corrected chi connectivity index (χ0v) is 17.8. The second-order valence-corrected chi connectivity index (χ2v) is 8.42. The molecule has 168 valence electrons. The van der Waals surface area contributed by atoms with E-state index in [0.717, 1.165) is 19.2 Å². The van der Waals surface area contributed by atoms with Gasteiger partial charge in [-0.3, -0.25) is 4.79 Å². The number of likely N-dealkylation sites (N-methyl/N-ethyl adjacent to an activating group) is 1. The zero-order valence-electron chi connectivity index (χ0n) is 16.9. The second-order valence-electron chi connectivity index (χ2n) is 6.84. The summed E-state index contributed by atoms with van der Waals surface area (Å²) in [6.45, 7) is 5.11. The number of aryl methyl sites for hydroxylation is 1. The molecule has 0 radical (unpaired) electrons. The average molecular weight is 447 g/mol. The Morgan fingerprint density at radius 1 is 1.17 bits per heavy atom. The van der Waals surface area contributed by atoms with Gasteiger partial charge in [0.2, 0.25) is 5.43 Å². The number of nitrogens with zero attached hydrogens (tertiary/aromatic N) is 3. The summed E-state index contributed by atoms with van der Waals surface area (Å²) in [4.78, 5) is 28.9. The van der Waals surface area contributed by atoms with Crippen molar-refractivity contribution in [3.05, 3.63) is 39.9 Å². The maximum absolute atomic E-state index is 14.8. The van der Waals surface area contributed by atoms with Crippen molar-refractivity contribution in [1.82, 2.24) is 9.47 Å². The SMILES string of the molecule is CCn1cc(C(=O)OS(C)(=O)=O)c(=O)c2cc(F)c(N3CCN(C)CC3)cc21.O.O. The molecule has 1 fully saturated rings. The smallest absolute Gasteiger partial charge is 0.359 e. The van der Waals surface area contributed by atoms with Gasteiger partial charge in [-0.25, -0.2) is 9.18 Å². The molecule has 3 rings (SSSR count). The molecule has 30 heavy (non-hydrogen) atoms. The molecule has 4 N–H and O–H groups in total. The van der Waals surface area contributed by atoms with Crippen LogP contribution in [0.25, 0.3) is 10.9 Å². The predicted molar refractivity (Wildman–Crippen MR) is 111 cm³/mol. The van der Waals surface area contributed by atoms with Crippen molar-refractivity contribution >= 4 is 32.7 Å². The minimum absolute atomic E-state index is 0. The molecule has 1 aromatic heterocycles. The largest absolute Gasteiger partial charge is 0.412 e. The van der Waals surface area contributed by atoms with Gasteiger partial charge in [0.25, 0.3) is 0 Å². The van der Waals surface area contributed by atoms with Crippen molar-refractivity contribution in [2.75, 3.05) is 44.4 Å². The second kappa shape index (κ2) is 9.51. The van der Waals surface area contributed by atoms with Gasteiger partial charge in [-0.15, -0.1) is 0 Å². The molecule has 10 nitrogen and oxygen atoms in total. The van der Waals surface area contributed by atoms with Gasteiger partial charge in [0.1, 0.15) is 11.4 Å². The summed E-state index contributed by atoms with van der Waals surface area (Å²) >= 11 is 0. The summed E-state index contributed by atoms with van der Waals surface area (Å²) in [6, 6.07) is 2.71. The number of hydrogen-bond acceptors (Lipinski definition) is 7. The summed E-state index contributed by atoms with van der Waals surface area (Å²) in [7, 11) is -2.08. The van der Waals surface area contributed by atoms with Crippen molar-refractivity contribution in [3.63, 3.8) is 0 Å². The maximum Gasteiger partial charge on any atom is 0.359 e. The Balaban J connectivity index is 0.00000225. The Hall–Kier alpha value is -2.54. The number of carbonyl (C=O) groups excluding carboxylic acids is 1. The summed E-state index contributed by atoms with van der Waals surface area (Å²) in [5.41, 5.74) is -0.351. The van der Waals surface area contributed by atoms with E-state index < -0.39 is 32.9 Å². The Labute approximate surface area is 173 Å². The van der Waals surface area contributed by atoms with Crippen molar-refractivity contribution < 1.29 is 32.7 Å². The number of hydrogen-bond donors (Lipinski definition) is 0. The number of fused-ring (bicyclic) bond motifs is 1. The van der Waals surface area contributed by atoms with Crippen LogP contribution in [0, 0.1) is 5.82 Å². The Bertz CT molecular complexity index is 1090. The van der Waals surface area contributed by atoms with Crippen molar-refractivity contribution in [2.24, 2.45) is 0 Å². The molecule has 1 aliphatic heterocycles. The van der Waals surface area contributed by atoms with Crippen LogP contribution in [0.2, 0.25) is 0 Å². The normalized spacial score (nSPS) is 14.7. The molecule has 0 aliphatic carbocycles. The Morgan fingerprint density at radius 3 is 2.30 bits per heavy atom. The standard InChI is InChI=1S/C18H22FN3O5S.2H2O/c1-4-21-11-13(18(24)27-28(3,25)26)17(23)12-9-14(19)16(10-15(12)21)22-7-5-20(2)6-8-22;;/h9-11H,4-8H2,1-3H3;2*1H2. The fraction of sp³-hybridized carbons (Fsp3) is 0.444. The van der Waals surface area contributed by atoms with Crippen LogP contribution < -0.4 is 10.3 Å². The van der Waals surface area contributed by atoms with Gasteiger partial charge in [0, 0.05) is 44.3 Å². The van der Waals surface area contributed by atoms with Crippen molar-refractivity contribution in [3.8, 4) is 0 Å². The fourth-order valence-electron chi connectivity index (χ4n) is 3.28. The molecular formula is C18H26FN3O7S. The summed E-state index contributed by atoms with van der Waals surface area (Å²) in [5.74, 6) is -1.84. The topological polar surface area (TPSA) is 152 Å². The van der Waals surface area contributed by atoms with Crippen LogP contribution in [0.15, 0.2) is 23.1 Å². The molecule has 0 atom stereocenters. The third-order valence-electron chi connectivity index (χ3n) is 4.78.